The molecule has 1 aliphatic rings. The van der Waals surface area contributed by atoms with Crippen LogP contribution in [0.2, 0.25) is 0 Å². The molecule has 124 valence electrons. The molecule has 1 aliphatic heterocycles. The molecule has 0 N–H and O–H groups in total. The number of hydrogen-bond donors (Lipinski definition) is 0. The average Bonchev–Trinajstić information content (AvgIpc) is 2.65. The fourth-order valence-electron chi connectivity index (χ4n) is 2.81. The highest BCUT2D eigenvalue weighted by atomic mass is 32.2. The lowest BCUT2D eigenvalue weighted by atomic mass is 10.2. The normalized spacial score (nSPS) is 15.2. The summed E-state index contributed by atoms with van der Waals surface area (Å²) in [6.07, 6.45) is 1.85. The Morgan fingerprint density at radius 3 is 2.60 bits per heavy atom. The van der Waals surface area contributed by atoms with Crippen molar-refractivity contribution in [3.8, 4) is 0 Å². The number of nitrogens with zero attached hydrogens (tertiary/aromatic N) is 3. The van der Waals surface area contributed by atoms with Crippen molar-refractivity contribution in [1.82, 2.24) is 9.88 Å². The first-order chi connectivity index (χ1) is 12.3. The fraction of sp³-hybridized carbons (Fsp3) is 0.143. The first-order valence-corrected chi connectivity index (χ1v) is 9.15. The minimum absolute atomic E-state index is 0.829. The summed E-state index contributed by atoms with van der Waals surface area (Å²) in [5, 5.41) is 2.05. The lowest BCUT2D eigenvalue weighted by Gasteiger charge is -2.30. The van der Waals surface area contributed by atoms with E-state index in [0.29, 0.717) is 0 Å². The molecule has 0 atom stereocenters. The van der Waals surface area contributed by atoms with Crippen LogP contribution in [0.1, 0.15) is 16.7 Å². The molecule has 0 bridgehead atoms. The van der Waals surface area contributed by atoms with Crippen LogP contribution in [0.3, 0.4) is 0 Å². The summed E-state index contributed by atoms with van der Waals surface area (Å²) in [6, 6.07) is 23.0. The van der Waals surface area contributed by atoms with Crippen molar-refractivity contribution in [3.63, 3.8) is 0 Å². The molecule has 0 aliphatic carbocycles. The summed E-state index contributed by atoms with van der Waals surface area (Å²) in [6.45, 7) is 3.76. The van der Waals surface area contributed by atoms with Gasteiger partial charge in [-0.05, 0) is 42.4 Å². The van der Waals surface area contributed by atoms with Crippen LogP contribution in [0.5, 0.6) is 0 Å². The first kappa shape index (κ1) is 15.9. The number of rotatable bonds is 3. The Bertz CT molecular complexity index is 889. The summed E-state index contributed by atoms with van der Waals surface area (Å²) in [5.41, 5.74) is 4.76. The number of amidine groups is 1. The number of hydrogen-bond acceptors (Lipinski definition) is 3. The van der Waals surface area contributed by atoms with Crippen molar-refractivity contribution in [1.29, 1.82) is 0 Å². The minimum Gasteiger partial charge on any atom is -0.342 e. The van der Waals surface area contributed by atoms with E-state index in [-0.39, 0.29) is 0 Å². The SMILES string of the molecule is Cc1ccc(N=C2Sc3ncccc3CN2Cc2ccccc2)cc1. The Morgan fingerprint density at radius 1 is 1.00 bits per heavy atom. The van der Waals surface area contributed by atoms with Crippen LogP contribution in [0.4, 0.5) is 5.69 Å². The molecule has 0 saturated carbocycles. The second-order valence-electron chi connectivity index (χ2n) is 6.14. The van der Waals surface area contributed by atoms with Crippen LogP contribution in [-0.2, 0) is 13.1 Å². The van der Waals surface area contributed by atoms with Gasteiger partial charge in [-0.25, -0.2) is 9.98 Å². The number of benzene rings is 2. The standard InChI is InChI=1S/C21H19N3S/c1-16-9-11-19(12-10-16)23-21-24(14-17-6-3-2-4-7-17)15-18-8-5-13-22-20(18)25-21/h2-13H,14-15H2,1H3. The lowest BCUT2D eigenvalue weighted by molar-refractivity contribution is 0.406. The number of aliphatic imine (C=N–C) groups is 1. The molecule has 3 aromatic rings. The van der Waals surface area contributed by atoms with Crippen LogP contribution in [0.25, 0.3) is 0 Å². The van der Waals surface area contributed by atoms with Crippen molar-refractivity contribution >= 4 is 22.6 Å². The van der Waals surface area contributed by atoms with E-state index in [4.69, 9.17) is 4.99 Å². The van der Waals surface area contributed by atoms with E-state index >= 15 is 0 Å². The largest absolute Gasteiger partial charge is 0.342 e. The fourth-order valence-corrected chi connectivity index (χ4v) is 3.77. The zero-order valence-corrected chi connectivity index (χ0v) is 14.9. The van der Waals surface area contributed by atoms with Crippen LogP contribution in [0.15, 0.2) is 82.9 Å². The van der Waals surface area contributed by atoms with Crippen molar-refractivity contribution in [2.45, 2.75) is 25.0 Å². The third kappa shape index (κ3) is 3.74. The van der Waals surface area contributed by atoms with Crippen molar-refractivity contribution in [2.75, 3.05) is 0 Å². The lowest BCUT2D eigenvalue weighted by Crippen LogP contribution is -2.31. The van der Waals surface area contributed by atoms with Gasteiger partial charge in [-0.1, -0.05) is 54.1 Å². The van der Waals surface area contributed by atoms with Gasteiger partial charge in [0.05, 0.1) is 5.69 Å². The van der Waals surface area contributed by atoms with Crippen molar-refractivity contribution in [2.24, 2.45) is 4.99 Å². The van der Waals surface area contributed by atoms with Crippen LogP contribution >= 0.6 is 11.8 Å². The van der Waals surface area contributed by atoms with Crippen LogP contribution < -0.4 is 0 Å². The number of thioether (sulfide) groups is 1. The molecule has 0 unspecified atom stereocenters. The molecule has 3 nitrogen and oxygen atoms in total. The van der Waals surface area contributed by atoms with Crippen molar-refractivity contribution < 1.29 is 0 Å². The van der Waals surface area contributed by atoms with Gasteiger partial charge in [0.25, 0.3) is 0 Å². The van der Waals surface area contributed by atoms with Gasteiger partial charge < -0.3 is 4.90 Å². The molecule has 0 spiro atoms. The number of pyridine rings is 1. The van der Waals surface area contributed by atoms with Gasteiger partial charge in [-0.2, -0.15) is 0 Å². The van der Waals surface area contributed by atoms with E-state index in [1.54, 1.807) is 11.8 Å². The van der Waals surface area contributed by atoms with Gasteiger partial charge in [-0.15, -0.1) is 0 Å². The average molecular weight is 345 g/mol. The molecule has 0 radical (unpaired) electrons. The third-order valence-electron chi connectivity index (χ3n) is 4.14. The molecule has 2 aromatic carbocycles. The highest BCUT2D eigenvalue weighted by molar-refractivity contribution is 8.13. The summed E-state index contributed by atoms with van der Waals surface area (Å²) >= 11 is 1.65. The highest BCUT2D eigenvalue weighted by Gasteiger charge is 2.23. The van der Waals surface area contributed by atoms with Gasteiger partial charge in [0.2, 0.25) is 0 Å². The van der Waals surface area contributed by atoms with Gasteiger partial charge in [0, 0.05) is 24.8 Å². The van der Waals surface area contributed by atoms with E-state index in [1.165, 1.54) is 16.7 Å². The Labute approximate surface area is 152 Å². The van der Waals surface area contributed by atoms with E-state index in [0.717, 1.165) is 29.0 Å². The summed E-state index contributed by atoms with van der Waals surface area (Å²) in [7, 11) is 0. The summed E-state index contributed by atoms with van der Waals surface area (Å²) in [5.74, 6) is 0. The maximum Gasteiger partial charge on any atom is 0.171 e. The monoisotopic (exact) mass is 345 g/mol. The molecule has 0 fully saturated rings. The van der Waals surface area contributed by atoms with Gasteiger partial charge in [0.15, 0.2) is 5.17 Å². The Kier molecular flexibility index (Phi) is 4.53. The highest BCUT2D eigenvalue weighted by Crippen LogP contribution is 2.33. The minimum atomic E-state index is 0.829. The molecular weight excluding hydrogens is 326 g/mol. The number of aromatic nitrogens is 1. The first-order valence-electron chi connectivity index (χ1n) is 8.34. The molecule has 4 heteroatoms. The quantitative estimate of drug-likeness (QED) is 0.654. The van der Waals surface area contributed by atoms with E-state index in [9.17, 15) is 0 Å². The zero-order chi connectivity index (χ0) is 17.1. The smallest absolute Gasteiger partial charge is 0.171 e. The maximum absolute atomic E-state index is 4.90. The van der Waals surface area contributed by atoms with E-state index < -0.39 is 0 Å². The summed E-state index contributed by atoms with van der Waals surface area (Å²) in [4.78, 5) is 11.7. The van der Waals surface area contributed by atoms with Crippen LogP contribution in [-0.4, -0.2) is 15.1 Å². The topological polar surface area (TPSA) is 28.5 Å². The Balaban J connectivity index is 1.68. The predicted octanol–water partition coefficient (Wildman–Crippen LogP) is 5.19. The Hall–Kier alpha value is -2.59. The maximum atomic E-state index is 4.90. The van der Waals surface area contributed by atoms with Crippen LogP contribution in [0, 0.1) is 6.92 Å². The van der Waals surface area contributed by atoms with E-state index in [1.807, 2.05) is 12.3 Å². The molecule has 1 aromatic heterocycles. The van der Waals surface area contributed by atoms with Gasteiger partial charge in [0.1, 0.15) is 5.03 Å². The van der Waals surface area contributed by atoms with E-state index in [2.05, 4.69) is 77.5 Å². The molecule has 25 heavy (non-hydrogen) atoms. The second-order valence-corrected chi connectivity index (χ2v) is 7.10. The van der Waals surface area contributed by atoms with Gasteiger partial charge >= 0.3 is 0 Å². The molecular formula is C21H19N3S. The molecule has 4 rings (SSSR count). The summed E-state index contributed by atoms with van der Waals surface area (Å²) < 4.78 is 0. The second kappa shape index (κ2) is 7.11. The number of fused-ring (bicyclic) bond motifs is 1. The predicted molar refractivity (Wildman–Crippen MR) is 104 cm³/mol. The van der Waals surface area contributed by atoms with Crippen molar-refractivity contribution in [3.05, 3.63) is 89.6 Å². The molecule has 0 amide bonds. The number of aryl methyl sites for hydroxylation is 1. The molecule has 0 saturated heterocycles. The third-order valence-corrected chi connectivity index (χ3v) is 5.24. The molecule has 2 heterocycles. The zero-order valence-electron chi connectivity index (χ0n) is 14.1. The van der Waals surface area contributed by atoms with Gasteiger partial charge in [-0.3, -0.25) is 0 Å². The Morgan fingerprint density at radius 2 is 1.80 bits per heavy atom.